The fourth-order valence-corrected chi connectivity index (χ4v) is 3.82. The van der Waals surface area contributed by atoms with Gasteiger partial charge in [-0.1, -0.05) is 6.92 Å². The molecule has 2 rings (SSSR count). The molecule has 1 atom stereocenters. The Balaban J connectivity index is 2.38. The van der Waals surface area contributed by atoms with E-state index in [1.165, 1.54) is 4.31 Å². The van der Waals surface area contributed by atoms with Gasteiger partial charge in [-0.2, -0.15) is 4.31 Å². The van der Waals surface area contributed by atoms with Gasteiger partial charge < -0.3 is 5.73 Å². The van der Waals surface area contributed by atoms with Crippen LogP contribution in [0.5, 0.6) is 0 Å². The fraction of sp³-hybridized carbons (Fsp3) is 0.545. The molecular formula is C11H17N3O2S. The topological polar surface area (TPSA) is 76.3 Å². The van der Waals surface area contributed by atoms with E-state index in [-0.39, 0.29) is 11.4 Å². The third-order valence-corrected chi connectivity index (χ3v) is 4.99. The summed E-state index contributed by atoms with van der Waals surface area (Å²) in [5.74, 6) is 0.419. The summed E-state index contributed by atoms with van der Waals surface area (Å²) in [6.45, 7) is 3.37. The van der Waals surface area contributed by atoms with Gasteiger partial charge in [-0.3, -0.25) is 4.98 Å². The molecule has 0 bridgehead atoms. The zero-order chi connectivity index (χ0) is 12.5. The molecule has 1 unspecified atom stereocenters. The van der Waals surface area contributed by atoms with Crippen LogP contribution in [0.4, 0.5) is 0 Å². The van der Waals surface area contributed by atoms with Crippen molar-refractivity contribution in [3.05, 3.63) is 24.0 Å². The van der Waals surface area contributed by atoms with Crippen LogP contribution in [0.25, 0.3) is 0 Å². The maximum atomic E-state index is 12.4. The van der Waals surface area contributed by atoms with Gasteiger partial charge in [0.05, 0.1) is 5.69 Å². The van der Waals surface area contributed by atoms with Crippen molar-refractivity contribution >= 4 is 10.0 Å². The lowest BCUT2D eigenvalue weighted by Crippen LogP contribution is -2.30. The Morgan fingerprint density at radius 2 is 2.35 bits per heavy atom. The second-order valence-corrected chi connectivity index (χ2v) is 6.32. The van der Waals surface area contributed by atoms with Crippen molar-refractivity contribution < 1.29 is 8.42 Å². The number of nitrogens with zero attached hydrogens (tertiary/aromatic N) is 2. The zero-order valence-corrected chi connectivity index (χ0v) is 10.7. The molecule has 94 valence electrons. The van der Waals surface area contributed by atoms with Gasteiger partial charge in [0.15, 0.2) is 0 Å². The van der Waals surface area contributed by atoms with Crippen molar-refractivity contribution in [2.45, 2.75) is 24.8 Å². The summed E-state index contributed by atoms with van der Waals surface area (Å²) in [7, 11) is -3.42. The van der Waals surface area contributed by atoms with E-state index in [1.54, 1.807) is 18.3 Å². The van der Waals surface area contributed by atoms with Gasteiger partial charge in [-0.25, -0.2) is 8.42 Å². The van der Waals surface area contributed by atoms with Crippen molar-refractivity contribution in [1.82, 2.24) is 9.29 Å². The van der Waals surface area contributed by atoms with Crippen molar-refractivity contribution in [3.8, 4) is 0 Å². The molecule has 1 aromatic heterocycles. The van der Waals surface area contributed by atoms with Crippen LogP contribution in [0.15, 0.2) is 23.2 Å². The summed E-state index contributed by atoms with van der Waals surface area (Å²) in [4.78, 5) is 4.27. The first kappa shape index (κ1) is 12.5. The van der Waals surface area contributed by atoms with Crippen LogP contribution in [0.3, 0.4) is 0 Å². The highest BCUT2D eigenvalue weighted by Crippen LogP contribution is 2.25. The molecule has 0 spiro atoms. The Morgan fingerprint density at radius 3 is 2.94 bits per heavy atom. The number of pyridine rings is 1. The summed E-state index contributed by atoms with van der Waals surface area (Å²) in [6, 6.07) is 3.21. The van der Waals surface area contributed by atoms with Crippen molar-refractivity contribution in [3.63, 3.8) is 0 Å². The molecule has 6 heteroatoms. The molecule has 0 aromatic carbocycles. The Kier molecular flexibility index (Phi) is 3.46. The highest BCUT2D eigenvalue weighted by atomic mass is 32.2. The number of hydrogen-bond donors (Lipinski definition) is 1. The number of rotatable bonds is 3. The highest BCUT2D eigenvalue weighted by molar-refractivity contribution is 7.89. The van der Waals surface area contributed by atoms with E-state index in [0.717, 1.165) is 6.42 Å². The van der Waals surface area contributed by atoms with Crippen LogP contribution in [-0.4, -0.2) is 30.8 Å². The third-order valence-electron chi connectivity index (χ3n) is 3.05. The van der Waals surface area contributed by atoms with Crippen LogP contribution >= 0.6 is 0 Å². The van der Waals surface area contributed by atoms with E-state index >= 15 is 0 Å². The second kappa shape index (κ2) is 4.72. The first-order valence-electron chi connectivity index (χ1n) is 5.70. The van der Waals surface area contributed by atoms with E-state index < -0.39 is 10.0 Å². The lowest BCUT2D eigenvalue weighted by molar-refractivity contribution is 0.463. The van der Waals surface area contributed by atoms with E-state index in [0.29, 0.717) is 24.7 Å². The molecule has 0 aliphatic carbocycles. The average Bonchev–Trinajstić information content (AvgIpc) is 2.76. The van der Waals surface area contributed by atoms with Crippen LogP contribution < -0.4 is 5.73 Å². The van der Waals surface area contributed by atoms with Gasteiger partial charge in [-0.15, -0.1) is 0 Å². The summed E-state index contributed by atoms with van der Waals surface area (Å²) in [5, 5.41) is 0. The molecule has 5 nitrogen and oxygen atoms in total. The normalized spacial score (nSPS) is 21.9. The largest absolute Gasteiger partial charge is 0.325 e. The number of sulfonamides is 1. The van der Waals surface area contributed by atoms with Gasteiger partial charge >= 0.3 is 0 Å². The lowest BCUT2D eigenvalue weighted by atomic mass is 10.2. The summed E-state index contributed by atoms with van der Waals surface area (Å²) in [6.07, 6.45) is 2.48. The molecular weight excluding hydrogens is 238 g/mol. The Hall–Kier alpha value is -0.980. The number of nitrogens with two attached hydrogens (primary N) is 1. The smallest absolute Gasteiger partial charge is 0.244 e. The predicted molar refractivity (Wildman–Crippen MR) is 64.7 cm³/mol. The Morgan fingerprint density at radius 1 is 1.59 bits per heavy atom. The molecule has 1 saturated heterocycles. The minimum atomic E-state index is -3.42. The zero-order valence-electron chi connectivity index (χ0n) is 9.83. The minimum absolute atomic E-state index is 0.138. The van der Waals surface area contributed by atoms with E-state index in [9.17, 15) is 8.42 Å². The van der Waals surface area contributed by atoms with Crippen molar-refractivity contribution in [2.24, 2.45) is 11.7 Å². The number of aromatic nitrogens is 1. The first-order chi connectivity index (χ1) is 8.05. The molecule has 1 aromatic rings. The monoisotopic (exact) mass is 255 g/mol. The van der Waals surface area contributed by atoms with Crippen molar-refractivity contribution in [1.29, 1.82) is 0 Å². The van der Waals surface area contributed by atoms with Crippen LogP contribution in [0, 0.1) is 5.92 Å². The maximum absolute atomic E-state index is 12.4. The third kappa shape index (κ3) is 2.34. The van der Waals surface area contributed by atoms with Crippen LogP contribution in [-0.2, 0) is 16.6 Å². The summed E-state index contributed by atoms with van der Waals surface area (Å²) >= 11 is 0. The lowest BCUT2D eigenvalue weighted by Gasteiger charge is -2.17. The van der Waals surface area contributed by atoms with Gasteiger partial charge in [0.2, 0.25) is 10.0 Å². The molecule has 2 heterocycles. The molecule has 0 radical (unpaired) electrons. The number of hydrogen-bond acceptors (Lipinski definition) is 4. The molecule has 1 fully saturated rings. The van der Waals surface area contributed by atoms with E-state index in [1.807, 2.05) is 0 Å². The molecule has 1 aliphatic rings. The molecule has 1 aliphatic heterocycles. The summed E-state index contributed by atoms with van der Waals surface area (Å²) < 4.78 is 26.3. The fourth-order valence-electron chi connectivity index (χ4n) is 2.06. The highest BCUT2D eigenvalue weighted by Gasteiger charge is 2.32. The summed E-state index contributed by atoms with van der Waals surface area (Å²) in [5.41, 5.74) is 5.96. The first-order valence-corrected chi connectivity index (χ1v) is 7.14. The second-order valence-electron chi connectivity index (χ2n) is 4.41. The standard InChI is InChI=1S/C11H17N3O2S/c1-9-4-6-14(8-9)17(15,16)11-3-2-5-13-10(11)7-12/h2-3,5,9H,4,6-8,12H2,1H3. The average molecular weight is 255 g/mol. The quantitative estimate of drug-likeness (QED) is 0.856. The molecule has 2 N–H and O–H groups in total. The predicted octanol–water partition coefficient (Wildman–Crippen LogP) is 0.571. The van der Waals surface area contributed by atoms with Crippen molar-refractivity contribution in [2.75, 3.05) is 13.1 Å². The molecule has 17 heavy (non-hydrogen) atoms. The maximum Gasteiger partial charge on any atom is 0.244 e. The molecule has 0 amide bonds. The van der Waals surface area contributed by atoms with Crippen LogP contribution in [0.1, 0.15) is 19.0 Å². The van der Waals surface area contributed by atoms with Gasteiger partial charge in [0.25, 0.3) is 0 Å². The van der Waals surface area contributed by atoms with E-state index in [4.69, 9.17) is 5.73 Å². The van der Waals surface area contributed by atoms with Gasteiger partial charge in [0, 0.05) is 25.8 Å². The minimum Gasteiger partial charge on any atom is -0.325 e. The van der Waals surface area contributed by atoms with Gasteiger partial charge in [0.1, 0.15) is 4.90 Å². The van der Waals surface area contributed by atoms with E-state index in [2.05, 4.69) is 11.9 Å². The SMILES string of the molecule is CC1CCN(S(=O)(=O)c2cccnc2CN)C1. The van der Waals surface area contributed by atoms with Gasteiger partial charge in [-0.05, 0) is 24.5 Å². The molecule has 0 saturated carbocycles. The Labute approximate surface area is 102 Å². The van der Waals surface area contributed by atoms with Crippen LogP contribution in [0.2, 0.25) is 0 Å². The Bertz CT molecular complexity index is 501.